The second-order valence-electron chi connectivity index (χ2n) is 9.67. The molecule has 0 bridgehead atoms. The summed E-state index contributed by atoms with van der Waals surface area (Å²) in [5.74, 6) is -0.623. The Morgan fingerprint density at radius 1 is 1.24 bits per heavy atom. The van der Waals surface area contributed by atoms with Crippen LogP contribution in [-0.4, -0.2) is 46.3 Å². The number of fused-ring (bicyclic) bond motifs is 1. The SMILES string of the molecule is O=C(Cc1ncc([C@@H](c2ccc(F)cc2Cl)N2CC[C@@H](O)C2)s1)C1(c2ccc3c(c2)OC(F)(F)O3)CC1.[HH].[HH].[HH]. The standard InChI is InChI=1S/C26H22ClF3N2O4S.3H2/c27-18-10-15(28)2-3-17(18)24(32-8-5-16(33)13-32)21-12-31-23(37-21)11-22(34)25(6-7-25)14-1-4-19-20(9-14)36-26(29,30)35-19;;;/h1-4,9-10,12,16,24,33H,5-8,11,13H2;3*1H/t16-,24-;;;/m1.../s1. The number of aliphatic hydroxyl groups is 1. The van der Waals surface area contributed by atoms with Gasteiger partial charge in [-0.3, -0.25) is 9.69 Å². The van der Waals surface area contributed by atoms with E-state index in [1.807, 2.05) is 0 Å². The molecular weight excluding hydrogens is 529 g/mol. The zero-order valence-corrected chi connectivity index (χ0v) is 21.0. The quantitative estimate of drug-likeness (QED) is 0.385. The van der Waals surface area contributed by atoms with Crippen molar-refractivity contribution in [3.63, 3.8) is 0 Å². The number of benzene rings is 2. The van der Waals surface area contributed by atoms with E-state index in [-0.39, 0.29) is 39.0 Å². The van der Waals surface area contributed by atoms with Gasteiger partial charge in [0.2, 0.25) is 0 Å². The van der Waals surface area contributed by atoms with Gasteiger partial charge in [-0.2, -0.15) is 0 Å². The number of carbonyl (C=O) groups is 1. The smallest absolute Gasteiger partial charge is 0.395 e. The molecule has 37 heavy (non-hydrogen) atoms. The van der Waals surface area contributed by atoms with Crippen molar-refractivity contribution in [1.82, 2.24) is 9.88 Å². The first kappa shape index (κ1) is 24.7. The molecule has 1 aliphatic carbocycles. The third kappa shape index (κ3) is 4.60. The van der Waals surface area contributed by atoms with Crippen molar-refractivity contribution in [2.75, 3.05) is 13.1 Å². The predicted molar refractivity (Wildman–Crippen MR) is 136 cm³/mol. The molecule has 3 heterocycles. The Kier molecular flexibility index (Phi) is 5.98. The Balaban J connectivity index is 0.00000147. The van der Waals surface area contributed by atoms with Gasteiger partial charge in [0.1, 0.15) is 16.6 Å². The van der Waals surface area contributed by atoms with Crippen molar-refractivity contribution in [1.29, 1.82) is 0 Å². The molecule has 11 heteroatoms. The number of likely N-dealkylation sites (tertiary alicyclic amines) is 1. The zero-order valence-electron chi connectivity index (χ0n) is 19.4. The number of halogens is 4. The van der Waals surface area contributed by atoms with Gasteiger partial charge in [-0.15, -0.1) is 20.1 Å². The van der Waals surface area contributed by atoms with Crippen LogP contribution in [0.2, 0.25) is 5.02 Å². The maximum atomic E-state index is 13.7. The molecule has 1 N–H and O–H groups in total. The number of β-amino-alcohol motifs (C(OH)–C–C–N with tert-alkyl or cyclic N) is 1. The summed E-state index contributed by atoms with van der Waals surface area (Å²) in [7, 11) is 0. The Morgan fingerprint density at radius 2 is 2.03 bits per heavy atom. The molecule has 3 aliphatic rings. The van der Waals surface area contributed by atoms with Crippen LogP contribution in [0.15, 0.2) is 42.6 Å². The third-order valence-corrected chi connectivity index (χ3v) is 8.58. The molecule has 2 aromatic carbocycles. The normalized spacial score (nSPS) is 22.2. The van der Waals surface area contributed by atoms with Crippen LogP contribution in [-0.2, 0) is 16.6 Å². The van der Waals surface area contributed by atoms with Gasteiger partial charge < -0.3 is 14.6 Å². The topological polar surface area (TPSA) is 71.9 Å². The van der Waals surface area contributed by atoms with Crippen LogP contribution in [0.25, 0.3) is 0 Å². The maximum Gasteiger partial charge on any atom is 0.586 e. The second-order valence-corrected chi connectivity index (χ2v) is 11.2. The van der Waals surface area contributed by atoms with Crippen molar-refractivity contribution in [3.8, 4) is 11.5 Å². The highest BCUT2D eigenvalue weighted by molar-refractivity contribution is 7.11. The summed E-state index contributed by atoms with van der Waals surface area (Å²) in [6, 6.07) is 8.41. The average molecular weight is 557 g/mol. The summed E-state index contributed by atoms with van der Waals surface area (Å²) in [6.45, 7) is 1.08. The van der Waals surface area contributed by atoms with E-state index in [1.165, 1.54) is 35.6 Å². The van der Waals surface area contributed by atoms with Crippen molar-refractivity contribution in [2.45, 2.75) is 49.5 Å². The molecular formula is C26H28ClF3N2O4S. The van der Waals surface area contributed by atoms with E-state index in [0.29, 0.717) is 48.5 Å². The molecule has 6 nitrogen and oxygen atoms in total. The first-order chi connectivity index (χ1) is 17.6. The lowest BCUT2D eigenvalue weighted by Crippen LogP contribution is -2.28. The Hall–Kier alpha value is -2.66. The van der Waals surface area contributed by atoms with Crippen LogP contribution in [0.3, 0.4) is 0 Å². The number of ketones is 1. The number of aliphatic hydroxyl groups excluding tert-OH is 1. The number of hydrogen-bond acceptors (Lipinski definition) is 7. The van der Waals surface area contributed by atoms with Gasteiger partial charge in [0.05, 0.1) is 24.0 Å². The number of ether oxygens (including phenoxy) is 2. The van der Waals surface area contributed by atoms with Crippen LogP contribution in [0.5, 0.6) is 11.5 Å². The lowest BCUT2D eigenvalue weighted by atomic mass is 9.89. The Bertz CT molecular complexity index is 1390. The van der Waals surface area contributed by atoms with Crippen LogP contribution < -0.4 is 9.47 Å². The van der Waals surface area contributed by atoms with E-state index in [2.05, 4.69) is 19.4 Å². The summed E-state index contributed by atoms with van der Waals surface area (Å²) in [4.78, 5) is 20.8. The Labute approximate surface area is 224 Å². The van der Waals surface area contributed by atoms with Gasteiger partial charge in [-0.25, -0.2) is 9.37 Å². The van der Waals surface area contributed by atoms with Crippen molar-refractivity contribution in [3.05, 3.63) is 74.4 Å². The minimum absolute atomic E-state index is 0. The number of carbonyl (C=O) groups excluding carboxylic acids is 1. The van der Waals surface area contributed by atoms with E-state index in [9.17, 15) is 23.1 Å². The lowest BCUT2D eigenvalue weighted by Gasteiger charge is -2.27. The Morgan fingerprint density at radius 3 is 2.73 bits per heavy atom. The highest BCUT2D eigenvalue weighted by Crippen LogP contribution is 2.53. The van der Waals surface area contributed by atoms with Gasteiger partial charge in [-0.1, -0.05) is 23.7 Å². The molecule has 2 atom stereocenters. The minimum Gasteiger partial charge on any atom is -0.395 e. The number of thiazole rings is 1. The van der Waals surface area contributed by atoms with E-state index >= 15 is 0 Å². The first-order valence-electron chi connectivity index (χ1n) is 11.9. The molecule has 2 fully saturated rings. The highest BCUT2D eigenvalue weighted by Gasteiger charge is 2.52. The number of aromatic nitrogens is 1. The summed E-state index contributed by atoms with van der Waals surface area (Å²) in [5, 5.41) is 11.0. The molecule has 200 valence electrons. The largest absolute Gasteiger partial charge is 0.586 e. The van der Waals surface area contributed by atoms with Crippen LogP contribution in [0.4, 0.5) is 13.2 Å². The van der Waals surface area contributed by atoms with E-state index in [4.69, 9.17) is 11.6 Å². The van der Waals surface area contributed by atoms with Crippen LogP contribution in [0, 0.1) is 5.82 Å². The van der Waals surface area contributed by atoms with Gasteiger partial charge in [0.15, 0.2) is 11.5 Å². The lowest BCUT2D eigenvalue weighted by molar-refractivity contribution is -0.286. The van der Waals surface area contributed by atoms with E-state index in [0.717, 1.165) is 4.88 Å². The monoisotopic (exact) mass is 556 g/mol. The molecule has 6 rings (SSSR count). The van der Waals surface area contributed by atoms with E-state index in [1.54, 1.807) is 18.3 Å². The number of nitrogens with zero attached hydrogens (tertiary/aromatic N) is 2. The van der Waals surface area contributed by atoms with Crippen molar-refractivity contribution in [2.24, 2.45) is 0 Å². The molecule has 0 radical (unpaired) electrons. The third-order valence-electron chi connectivity index (χ3n) is 7.21. The number of hydrogen-bond donors (Lipinski definition) is 1. The number of alkyl halides is 2. The fraction of sp³-hybridized carbons (Fsp3) is 0.385. The molecule has 1 saturated heterocycles. The molecule has 3 aromatic rings. The molecule has 1 aromatic heterocycles. The first-order valence-corrected chi connectivity index (χ1v) is 13.1. The van der Waals surface area contributed by atoms with Crippen molar-refractivity contribution >= 4 is 28.7 Å². The van der Waals surface area contributed by atoms with Gasteiger partial charge in [-0.05, 0) is 54.7 Å². The molecule has 0 unspecified atom stereocenters. The predicted octanol–water partition coefficient (Wildman–Crippen LogP) is 5.99. The fourth-order valence-corrected chi connectivity index (χ4v) is 6.54. The summed E-state index contributed by atoms with van der Waals surface area (Å²) < 4.78 is 49.6. The molecule has 0 amide bonds. The number of rotatable bonds is 7. The second kappa shape index (κ2) is 8.97. The van der Waals surface area contributed by atoms with Crippen molar-refractivity contribution < 1.29 is 36.8 Å². The number of Topliss-reactive ketones (excluding diaryl/α,β-unsaturated/α-hetero) is 1. The molecule has 0 spiro atoms. The summed E-state index contributed by atoms with van der Waals surface area (Å²) in [6.07, 6.45) is -0.560. The van der Waals surface area contributed by atoms with Gasteiger partial charge >= 0.3 is 6.29 Å². The van der Waals surface area contributed by atoms with Gasteiger partial charge in [0, 0.05) is 33.5 Å². The highest BCUT2D eigenvalue weighted by atomic mass is 35.5. The van der Waals surface area contributed by atoms with Crippen LogP contribution in [0.1, 0.15) is 50.6 Å². The summed E-state index contributed by atoms with van der Waals surface area (Å²) in [5.41, 5.74) is 0.562. The zero-order chi connectivity index (χ0) is 25.9. The van der Waals surface area contributed by atoms with Crippen LogP contribution >= 0.6 is 22.9 Å². The summed E-state index contributed by atoms with van der Waals surface area (Å²) >= 11 is 7.78. The fourth-order valence-electron chi connectivity index (χ4n) is 5.20. The maximum absolute atomic E-state index is 13.7. The molecule has 2 aliphatic heterocycles. The minimum atomic E-state index is -3.71. The molecule has 1 saturated carbocycles. The van der Waals surface area contributed by atoms with Gasteiger partial charge in [0.25, 0.3) is 0 Å². The average Bonchev–Trinajstić information content (AvgIpc) is 3.16. The van der Waals surface area contributed by atoms with E-state index < -0.39 is 23.6 Å².